The number of hydrogen-bond acceptors (Lipinski definition) is 4. The Labute approximate surface area is 179 Å². The van der Waals surface area contributed by atoms with E-state index in [0.29, 0.717) is 25.7 Å². The Morgan fingerprint density at radius 3 is 2.47 bits per heavy atom. The number of rotatable bonds is 10. The van der Waals surface area contributed by atoms with Crippen LogP contribution >= 0.6 is 0 Å². The predicted molar refractivity (Wildman–Crippen MR) is 121 cm³/mol. The van der Waals surface area contributed by atoms with Gasteiger partial charge in [-0.25, -0.2) is 17.7 Å². The van der Waals surface area contributed by atoms with Crippen LogP contribution < -0.4 is 15.4 Å². The molecule has 7 nitrogen and oxygen atoms in total. The number of ether oxygens (including phenoxy) is 1. The van der Waals surface area contributed by atoms with Crippen LogP contribution in [0.1, 0.15) is 18.1 Å². The first-order chi connectivity index (χ1) is 14.4. The molecule has 30 heavy (non-hydrogen) atoms. The third kappa shape index (κ3) is 6.60. The number of guanidine groups is 1. The van der Waals surface area contributed by atoms with Crippen LogP contribution in [0.25, 0.3) is 0 Å². The smallest absolute Gasteiger partial charge is 0.242 e. The molecule has 0 unspecified atom stereocenters. The van der Waals surface area contributed by atoms with Gasteiger partial charge in [0, 0.05) is 32.7 Å². The molecular weight excluding hydrogens is 400 g/mol. The van der Waals surface area contributed by atoms with E-state index in [9.17, 15) is 8.42 Å². The number of sulfonamides is 1. The summed E-state index contributed by atoms with van der Waals surface area (Å²) in [6.07, 6.45) is 1.71. The van der Waals surface area contributed by atoms with Crippen LogP contribution in [-0.4, -0.2) is 45.9 Å². The lowest BCUT2D eigenvalue weighted by Crippen LogP contribution is -2.36. The van der Waals surface area contributed by atoms with Crippen molar-refractivity contribution in [2.45, 2.75) is 24.9 Å². The zero-order valence-corrected chi connectivity index (χ0v) is 18.6. The van der Waals surface area contributed by atoms with Crippen molar-refractivity contribution >= 4 is 16.0 Å². The van der Waals surface area contributed by atoms with E-state index in [-0.39, 0.29) is 4.90 Å². The van der Waals surface area contributed by atoms with E-state index in [2.05, 4.69) is 22.2 Å². The average molecular weight is 431 g/mol. The maximum atomic E-state index is 12.2. The minimum Gasteiger partial charge on any atom is -0.489 e. The molecule has 0 radical (unpaired) electrons. The van der Waals surface area contributed by atoms with Crippen LogP contribution in [0.2, 0.25) is 0 Å². The first-order valence-corrected chi connectivity index (χ1v) is 11.2. The molecule has 162 valence electrons. The quantitative estimate of drug-likeness (QED) is 0.344. The maximum absolute atomic E-state index is 12.2. The van der Waals surface area contributed by atoms with E-state index >= 15 is 0 Å². The molecule has 0 heterocycles. The lowest BCUT2D eigenvalue weighted by Gasteiger charge is -2.14. The van der Waals surface area contributed by atoms with Crippen LogP contribution in [0, 0.1) is 0 Å². The van der Waals surface area contributed by atoms with Gasteiger partial charge in [-0.3, -0.25) is 0 Å². The summed E-state index contributed by atoms with van der Waals surface area (Å²) in [7, 11) is -0.396. The molecule has 0 aliphatic carbocycles. The van der Waals surface area contributed by atoms with Gasteiger partial charge in [0.2, 0.25) is 10.0 Å². The third-order valence-corrected chi connectivity index (χ3v) is 6.07. The molecule has 0 fully saturated rings. The predicted octanol–water partition coefficient (Wildman–Crippen LogP) is 2.76. The van der Waals surface area contributed by atoms with Gasteiger partial charge in [-0.15, -0.1) is 0 Å². The van der Waals surface area contributed by atoms with Crippen molar-refractivity contribution < 1.29 is 13.2 Å². The summed E-state index contributed by atoms with van der Waals surface area (Å²) < 4.78 is 31.2. The molecule has 0 aromatic heterocycles. The van der Waals surface area contributed by atoms with Crippen LogP contribution in [0.5, 0.6) is 5.75 Å². The van der Waals surface area contributed by atoms with Crippen molar-refractivity contribution in [3.05, 3.63) is 72.3 Å². The van der Waals surface area contributed by atoms with E-state index < -0.39 is 10.0 Å². The van der Waals surface area contributed by atoms with E-state index in [0.717, 1.165) is 23.4 Å². The van der Waals surface area contributed by atoms with Gasteiger partial charge in [-0.1, -0.05) is 43.0 Å². The Hall–Kier alpha value is -2.84. The second-order valence-corrected chi connectivity index (χ2v) is 8.84. The maximum Gasteiger partial charge on any atom is 0.242 e. The summed E-state index contributed by atoms with van der Waals surface area (Å²) in [4.78, 5) is 4.86. The standard InChI is InChI=1S/C22H30N4O3S/c1-5-15-29-21-10-8-7-9-19(21)17-25-22(23-6-2)24-16-18-11-13-20(14-12-18)30(27,28)26(3)4/h5,7-14H,1,6,15-17H2,2-4H3,(H2,23,24,25). The zero-order valence-electron chi connectivity index (χ0n) is 17.8. The van der Waals surface area contributed by atoms with Crippen molar-refractivity contribution in [1.82, 2.24) is 14.9 Å². The number of benzene rings is 2. The number of hydrogen-bond donors (Lipinski definition) is 2. The van der Waals surface area contributed by atoms with E-state index in [1.165, 1.54) is 18.4 Å². The lowest BCUT2D eigenvalue weighted by atomic mass is 10.2. The Morgan fingerprint density at radius 2 is 1.83 bits per heavy atom. The van der Waals surface area contributed by atoms with Crippen LogP contribution in [0.3, 0.4) is 0 Å². The molecule has 0 amide bonds. The second-order valence-electron chi connectivity index (χ2n) is 6.69. The Kier molecular flexibility index (Phi) is 8.89. The average Bonchev–Trinajstić information content (AvgIpc) is 2.75. The third-order valence-electron chi connectivity index (χ3n) is 4.24. The molecule has 2 N–H and O–H groups in total. The molecule has 0 saturated heterocycles. The Balaban J connectivity index is 2.05. The number of nitrogens with zero attached hydrogens (tertiary/aromatic N) is 2. The van der Waals surface area contributed by atoms with Crippen LogP contribution in [0.4, 0.5) is 0 Å². The number of nitrogens with one attached hydrogen (secondary N) is 2. The summed E-state index contributed by atoms with van der Waals surface area (Å²) in [5, 5.41) is 6.52. The highest BCUT2D eigenvalue weighted by Gasteiger charge is 2.16. The fourth-order valence-corrected chi connectivity index (χ4v) is 3.51. The molecule has 0 saturated carbocycles. The van der Waals surface area contributed by atoms with Gasteiger partial charge in [0.25, 0.3) is 0 Å². The van der Waals surface area contributed by atoms with Gasteiger partial charge in [0.15, 0.2) is 5.96 Å². The molecule has 0 atom stereocenters. The summed E-state index contributed by atoms with van der Waals surface area (Å²) in [6, 6.07) is 14.6. The highest BCUT2D eigenvalue weighted by molar-refractivity contribution is 7.89. The van der Waals surface area contributed by atoms with Crippen LogP contribution in [0.15, 0.2) is 71.1 Å². The van der Waals surface area contributed by atoms with Crippen molar-refractivity contribution in [3.8, 4) is 5.75 Å². The Morgan fingerprint density at radius 1 is 1.13 bits per heavy atom. The molecular formula is C22H30N4O3S. The fourth-order valence-electron chi connectivity index (χ4n) is 2.61. The molecule has 0 spiro atoms. The molecule has 2 rings (SSSR count). The molecule has 0 aliphatic rings. The SMILES string of the molecule is C=CCOc1ccccc1CNC(=NCc1ccc(S(=O)(=O)N(C)C)cc1)NCC. The topological polar surface area (TPSA) is 83.0 Å². The molecule has 0 bridgehead atoms. The van der Waals surface area contributed by atoms with Crippen molar-refractivity contribution in [2.75, 3.05) is 27.2 Å². The monoisotopic (exact) mass is 430 g/mol. The summed E-state index contributed by atoms with van der Waals surface area (Å²) in [5.74, 6) is 1.47. The summed E-state index contributed by atoms with van der Waals surface area (Å²) in [6.45, 7) is 7.83. The lowest BCUT2D eigenvalue weighted by molar-refractivity contribution is 0.358. The number of aliphatic imine (C=N–C) groups is 1. The van der Waals surface area contributed by atoms with E-state index in [4.69, 9.17) is 4.74 Å². The second kappa shape index (κ2) is 11.4. The molecule has 0 aliphatic heterocycles. The largest absolute Gasteiger partial charge is 0.489 e. The highest BCUT2D eigenvalue weighted by atomic mass is 32.2. The van der Waals surface area contributed by atoms with E-state index in [1.807, 2.05) is 31.2 Å². The number of para-hydroxylation sites is 1. The first-order valence-electron chi connectivity index (χ1n) is 9.73. The Bertz CT molecular complexity index is 955. The van der Waals surface area contributed by atoms with Gasteiger partial charge >= 0.3 is 0 Å². The van der Waals surface area contributed by atoms with Crippen LogP contribution in [-0.2, 0) is 23.1 Å². The van der Waals surface area contributed by atoms with E-state index in [1.54, 1.807) is 30.3 Å². The minimum absolute atomic E-state index is 0.265. The fraction of sp³-hybridized carbons (Fsp3) is 0.318. The molecule has 2 aromatic carbocycles. The summed E-state index contributed by atoms with van der Waals surface area (Å²) in [5.41, 5.74) is 1.93. The highest BCUT2D eigenvalue weighted by Crippen LogP contribution is 2.18. The molecule has 8 heteroatoms. The minimum atomic E-state index is -3.43. The van der Waals surface area contributed by atoms with Crippen molar-refractivity contribution in [3.63, 3.8) is 0 Å². The summed E-state index contributed by atoms with van der Waals surface area (Å²) >= 11 is 0. The van der Waals surface area contributed by atoms with Gasteiger partial charge in [-0.05, 0) is 30.7 Å². The molecule has 2 aromatic rings. The van der Waals surface area contributed by atoms with Crippen molar-refractivity contribution in [1.29, 1.82) is 0 Å². The first kappa shape index (κ1) is 23.4. The van der Waals surface area contributed by atoms with Crippen molar-refractivity contribution in [2.24, 2.45) is 4.99 Å². The van der Waals surface area contributed by atoms with Gasteiger partial charge < -0.3 is 15.4 Å². The normalized spacial score (nSPS) is 11.9. The van der Waals surface area contributed by atoms with Gasteiger partial charge in [-0.2, -0.15) is 0 Å². The van der Waals surface area contributed by atoms with Gasteiger partial charge in [0.1, 0.15) is 12.4 Å². The zero-order chi connectivity index (χ0) is 22.0. The van der Waals surface area contributed by atoms with Gasteiger partial charge in [0.05, 0.1) is 11.4 Å².